The Labute approximate surface area is 169 Å². The maximum atomic E-state index is 14.3. The number of halogens is 2. The molecule has 2 amide bonds. The van der Waals surface area contributed by atoms with Gasteiger partial charge in [0, 0.05) is 6.07 Å². The zero-order chi connectivity index (χ0) is 20.5. The van der Waals surface area contributed by atoms with Crippen LogP contribution in [0, 0.1) is 18.6 Å². The first-order valence-electron chi connectivity index (χ1n) is 8.76. The van der Waals surface area contributed by atoms with E-state index in [9.17, 15) is 18.4 Å². The van der Waals surface area contributed by atoms with Gasteiger partial charge in [-0.15, -0.1) is 11.8 Å². The van der Waals surface area contributed by atoms with Gasteiger partial charge in [0.25, 0.3) is 11.8 Å². The van der Waals surface area contributed by atoms with Crippen molar-refractivity contribution in [3.05, 3.63) is 94.3 Å². The van der Waals surface area contributed by atoms with E-state index < -0.39 is 29.1 Å². The highest BCUT2D eigenvalue weighted by Gasteiger charge is 2.41. The van der Waals surface area contributed by atoms with E-state index in [1.54, 1.807) is 24.3 Å². The van der Waals surface area contributed by atoms with E-state index in [2.05, 4.69) is 0 Å². The second-order valence-corrected chi connectivity index (χ2v) is 7.47. The molecule has 0 radical (unpaired) electrons. The van der Waals surface area contributed by atoms with Crippen LogP contribution < -0.4 is 4.90 Å². The van der Waals surface area contributed by atoms with Gasteiger partial charge < -0.3 is 4.42 Å². The Morgan fingerprint density at radius 2 is 1.76 bits per heavy atom. The molecular formula is C22H15F2NO3S. The maximum Gasteiger partial charge on any atom is 0.272 e. The molecule has 0 aliphatic carbocycles. The Bertz CT molecular complexity index is 1120. The molecule has 2 heterocycles. The molecule has 1 aromatic heterocycles. The molecule has 1 aliphatic heterocycles. The lowest BCUT2D eigenvalue weighted by Crippen LogP contribution is -2.32. The Balaban J connectivity index is 1.78. The van der Waals surface area contributed by atoms with E-state index in [4.69, 9.17) is 4.42 Å². The lowest BCUT2D eigenvalue weighted by Gasteiger charge is -2.16. The van der Waals surface area contributed by atoms with E-state index in [1.165, 1.54) is 6.26 Å². The van der Waals surface area contributed by atoms with Crippen molar-refractivity contribution in [1.82, 2.24) is 0 Å². The molecule has 29 heavy (non-hydrogen) atoms. The maximum absolute atomic E-state index is 14.3. The smallest absolute Gasteiger partial charge is 0.272 e. The van der Waals surface area contributed by atoms with Crippen molar-refractivity contribution in [3.8, 4) is 0 Å². The number of rotatable bonds is 5. The number of anilines is 1. The van der Waals surface area contributed by atoms with E-state index in [1.807, 2.05) is 19.1 Å². The van der Waals surface area contributed by atoms with E-state index in [-0.39, 0.29) is 10.5 Å². The highest BCUT2D eigenvalue weighted by Crippen LogP contribution is 2.40. The summed E-state index contributed by atoms with van der Waals surface area (Å²) in [5, 5.41) is 0. The van der Waals surface area contributed by atoms with Crippen molar-refractivity contribution in [2.24, 2.45) is 0 Å². The van der Waals surface area contributed by atoms with Crippen molar-refractivity contribution in [2.75, 3.05) is 4.90 Å². The van der Waals surface area contributed by atoms with Crippen LogP contribution in [0.15, 0.2) is 70.2 Å². The van der Waals surface area contributed by atoms with Crippen LogP contribution in [0.1, 0.15) is 16.9 Å². The monoisotopic (exact) mass is 411 g/mol. The molecule has 0 unspecified atom stereocenters. The summed E-state index contributed by atoms with van der Waals surface area (Å²) in [5.41, 5.74) is 1.28. The number of aryl methyl sites for hydroxylation is 1. The summed E-state index contributed by atoms with van der Waals surface area (Å²) in [4.78, 5) is 27.1. The average Bonchev–Trinajstić information content (AvgIpc) is 3.30. The molecule has 0 bridgehead atoms. The van der Waals surface area contributed by atoms with Crippen LogP contribution in [-0.2, 0) is 15.3 Å². The second-order valence-electron chi connectivity index (χ2n) is 6.48. The fourth-order valence-corrected chi connectivity index (χ4v) is 4.05. The van der Waals surface area contributed by atoms with Crippen LogP contribution in [0.4, 0.5) is 14.5 Å². The molecule has 2 aromatic carbocycles. The third kappa shape index (κ3) is 3.61. The normalized spacial score (nSPS) is 14.2. The minimum absolute atomic E-state index is 0.162. The molecule has 4 rings (SSSR count). The molecule has 146 valence electrons. The van der Waals surface area contributed by atoms with Crippen LogP contribution in [0.3, 0.4) is 0 Å². The average molecular weight is 411 g/mol. The van der Waals surface area contributed by atoms with Gasteiger partial charge in [0.2, 0.25) is 0 Å². The summed E-state index contributed by atoms with van der Waals surface area (Å²) in [6.07, 6.45) is 1.52. The summed E-state index contributed by atoms with van der Waals surface area (Å²) in [5.74, 6) is -2.03. The Morgan fingerprint density at radius 1 is 1.00 bits per heavy atom. The van der Waals surface area contributed by atoms with Crippen LogP contribution in [0.25, 0.3) is 5.57 Å². The SMILES string of the molecule is Cc1ccc(C2=C(SCc3ccco3)C(=O)N(c3cc(F)ccc3F)C2=O)cc1. The van der Waals surface area contributed by atoms with Crippen molar-refractivity contribution in [2.45, 2.75) is 12.7 Å². The molecular weight excluding hydrogens is 396 g/mol. The summed E-state index contributed by atoms with van der Waals surface area (Å²) >= 11 is 1.13. The van der Waals surface area contributed by atoms with Crippen molar-refractivity contribution in [3.63, 3.8) is 0 Å². The number of nitrogens with zero attached hydrogens (tertiary/aromatic N) is 1. The highest BCUT2D eigenvalue weighted by molar-refractivity contribution is 8.03. The molecule has 0 atom stereocenters. The first-order valence-corrected chi connectivity index (χ1v) is 9.74. The first kappa shape index (κ1) is 19.1. The third-order valence-corrected chi connectivity index (χ3v) is 5.57. The number of benzene rings is 2. The van der Waals surface area contributed by atoms with Gasteiger partial charge in [-0.25, -0.2) is 13.7 Å². The summed E-state index contributed by atoms with van der Waals surface area (Å²) < 4.78 is 33.3. The molecule has 4 nitrogen and oxygen atoms in total. The zero-order valence-electron chi connectivity index (χ0n) is 15.3. The molecule has 0 spiro atoms. The zero-order valence-corrected chi connectivity index (χ0v) is 16.1. The molecule has 0 saturated carbocycles. The number of carbonyl (C=O) groups is 2. The largest absolute Gasteiger partial charge is 0.468 e. The lowest BCUT2D eigenvalue weighted by atomic mass is 10.0. The summed E-state index contributed by atoms with van der Waals surface area (Å²) in [6.45, 7) is 1.90. The van der Waals surface area contributed by atoms with Crippen LogP contribution in [0.5, 0.6) is 0 Å². The van der Waals surface area contributed by atoms with Gasteiger partial charge in [-0.1, -0.05) is 29.8 Å². The fourth-order valence-electron chi connectivity index (χ4n) is 3.03. The van der Waals surface area contributed by atoms with Gasteiger partial charge in [-0.3, -0.25) is 9.59 Å². The number of hydrogen-bond donors (Lipinski definition) is 0. The van der Waals surface area contributed by atoms with Gasteiger partial charge in [-0.05, 0) is 36.8 Å². The van der Waals surface area contributed by atoms with Crippen molar-refractivity contribution >= 4 is 34.8 Å². The Morgan fingerprint density at radius 3 is 2.45 bits per heavy atom. The Kier molecular flexibility index (Phi) is 5.07. The first-order chi connectivity index (χ1) is 14.0. The third-order valence-electron chi connectivity index (χ3n) is 4.47. The minimum atomic E-state index is -0.853. The molecule has 0 N–H and O–H groups in total. The summed E-state index contributed by atoms with van der Waals surface area (Å²) in [7, 11) is 0. The number of hydrogen-bond acceptors (Lipinski definition) is 4. The molecule has 0 fully saturated rings. The van der Waals surface area contributed by atoms with Gasteiger partial charge in [0.15, 0.2) is 0 Å². The number of furan rings is 1. The molecule has 3 aromatic rings. The number of imide groups is 1. The number of amides is 2. The fraction of sp³-hybridized carbons (Fsp3) is 0.0909. The topological polar surface area (TPSA) is 50.5 Å². The molecule has 0 saturated heterocycles. The molecule has 1 aliphatic rings. The van der Waals surface area contributed by atoms with E-state index >= 15 is 0 Å². The Hall–Kier alpha value is -3.19. The standard InChI is InChI=1S/C22H15F2NO3S/c1-13-4-6-14(7-5-13)19-20(29-12-16-3-2-10-28-16)22(27)25(21(19)26)18-11-15(23)8-9-17(18)24/h2-11H,12H2,1H3. The van der Waals surface area contributed by atoms with E-state index in [0.717, 1.165) is 35.5 Å². The lowest BCUT2D eigenvalue weighted by molar-refractivity contribution is -0.119. The summed E-state index contributed by atoms with van der Waals surface area (Å²) in [6, 6.07) is 13.3. The van der Waals surface area contributed by atoms with Gasteiger partial charge >= 0.3 is 0 Å². The predicted molar refractivity (Wildman–Crippen MR) is 107 cm³/mol. The highest BCUT2D eigenvalue weighted by atomic mass is 32.2. The van der Waals surface area contributed by atoms with Gasteiger partial charge in [-0.2, -0.15) is 0 Å². The number of thioether (sulfide) groups is 1. The minimum Gasteiger partial charge on any atom is -0.468 e. The van der Waals surface area contributed by atoms with Crippen LogP contribution in [-0.4, -0.2) is 11.8 Å². The second kappa shape index (κ2) is 7.67. The van der Waals surface area contributed by atoms with Crippen molar-refractivity contribution in [1.29, 1.82) is 0 Å². The van der Waals surface area contributed by atoms with Crippen molar-refractivity contribution < 1.29 is 22.8 Å². The molecule has 7 heteroatoms. The number of carbonyl (C=O) groups excluding carboxylic acids is 2. The predicted octanol–water partition coefficient (Wildman–Crippen LogP) is 5.08. The van der Waals surface area contributed by atoms with E-state index in [0.29, 0.717) is 22.0 Å². The van der Waals surface area contributed by atoms with Crippen LogP contribution >= 0.6 is 11.8 Å². The van der Waals surface area contributed by atoms with Gasteiger partial charge in [0.05, 0.1) is 28.2 Å². The van der Waals surface area contributed by atoms with Gasteiger partial charge in [0.1, 0.15) is 17.4 Å². The quantitative estimate of drug-likeness (QED) is 0.549. The van der Waals surface area contributed by atoms with Crippen LogP contribution in [0.2, 0.25) is 0 Å².